The van der Waals surface area contributed by atoms with Gasteiger partial charge in [-0.2, -0.15) is 0 Å². The van der Waals surface area contributed by atoms with Gasteiger partial charge in [-0.3, -0.25) is 4.79 Å². The van der Waals surface area contributed by atoms with Crippen molar-refractivity contribution in [2.24, 2.45) is 0 Å². The van der Waals surface area contributed by atoms with Gasteiger partial charge in [0.15, 0.2) is 0 Å². The first-order valence-corrected chi connectivity index (χ1v) is 8.80. The van der Waals surface area contributed by atoms with Crippen molar-refractivity contribution in [1.82, 2.24) is 15.3 Å². The monoisotopic (exact) mass is 359 g/mol. The van der Waals surface area contributed by atoms with Gasteiger partial charge >= 0.3 is 0 Å². The van der Waals surface area contributed by atoms with Gasteiger partial charge in [-0.1, -0.05) is 17.7 Å². The lowest BCUT2D eigenvalue weighted by Gasteiger charge is -2.36. The lowest BCUT2D eigenvalue weighted by molar-refractivity contribution is 0.0938. The number of nitrogens with one attached hydrogen (secondary N) is 1. The van der Waals surface area contributed by atoms with Crippen LogP contribution in [0.25, 0.3) is 0 Å². The maximum absolute atomic E-state index is 12.1. The summed E-state index contributed by atoms with van der Waals surface area (Å²) in [7, 11) is 0. The summed E-state index contributed by atoms with van der Waals surface area (Å²) in [6, 6.07) is 9.60. The highest BCUT2D eigenvalue weighted by atomic mass is 35.5. The number of rotatable bonds is 4. The van der Waals surface area contributed by atoms with Crippen LogP contribution in [0.5, 0.6) is 0 Å². The highest BCUT2D eigenvalue weighted by molar-refractivity contribution is 6.30. The molecule has 1 fully saturated rings. The van der Waals surface area contributed by atoms with E-state index in [1.807, 2.05) is 32.0 Å². The molecular weight excluding hydrogens is 338 g/mol. The summed E-state index contributed by atoms with van der Waals surface area (Å²) >= 11 is 6.08. The molecule has 2 aromatic rings. The molecule has 1 aliphatic heterocycles. The molecule has 1 amide bonds. The molecule has 3 rings (SSSR count). The van der Waals surface area contributed by atoms with E-state index in [2.05, 4.69) is 31.2 Å². The van der Waals surface area contributed by atoms with Crippen molar-refractivity contribution in [2.45, 2.75) is 19.9 Å². The minimum absolute atomic E-state index is 0.0761. The average Bonchev–Trinajstić information content (AvgIpc) is 2.61. The van der Waals surface area contributed by atoms with Gasteiger partial charge in [-0.25, -0.2) is 9.97 Å². The van der Waals surface area contributed by atoms with Gasteiger partial charge in [0.05, 0.1) is 0 Å². The maximum atomic E-state index is 12.1. The number of aromatic nitrogens is 2. The van der Waals surface area contributed by atoms with Gasteiger partial charge < -0.3 is 15.1 Å². The summed E-state index contributed by atoms with van der Waals surface area (Å²) < 4.78 is 0. The predicted octanol–water partition coefficient (Wildman–Crippen LogP) is 2.59. The SMILES string of the molecule is CC(C)NC(=O)c1ccnc(N2CCN(c3cccc(Cl)c3)CC2)n1. The molecule has 7 heteroatoms. The van der Waals surface area contributed by atoms with E-state index in [1.165, 1.54) is 0 Å². The highest BCUT2D eigenvalue weighted by Crippen LogP contribution is 2.21. The number of piperazine rings is 1. The van der Waals surface area contributed by atoms with E-state index in [-0.39, 0.29) is 11.9 Å². The summed E-state index contributed by atoms with van der Waals surface area (Å²) in [5, 5.41) is 3.60. The third-order valence-corrected chi connectivity index (χ3v) is 4.27. The second-order valence-electron chi connectivity index (χ2n) is 6.32. The van der Waals surface area contributed by atoms with Crippen LogP contribution in [0.15, 0.2) is 36.5 Å². The second-order valence-corrected chi connectivity index (χ2v) is 6.76. The van der Waals surface area contributed by atoms with Crippen LogP contribution in [0.3, 0.4) is 0 Å². The van der Waals surface area contributed by atoms with Crippen molar-refractivity contribution in [1.29, 1.82) is 0 Å². The summed E-state index contributed by atoms with van der Waals surface area (Å²) in [5.41, 5.74) is 1.52. The minimum atomic E-state index is -0.170. The average molecular weight is 360 g/mol. The standard InChI is InChI=1S/C18H22ClN5O/c1-13(2)21-17(25)16-6-7-20-18(22-16)24-10-8-23(9-11-24)15-5-3-4-14(19)12-15/h3-7,12-13H,8-11H2,1-2H3,(H,21,25). The van der Waals surface area contributed by atoms with Gasteiger partial charge in [0.1, 0.15) is 5.69 Å². The Kier molecular flexibility index (Phi) is 5.38. The highest BCUT2D eigenvalue weighted by Gasteiger charge is 2.20. The number of amides is 1. The molecule has 0 atom stereocenters. The van der Waals surface area contributed by atoms with Crippen molar-refractivity contribution in [3.8, 4) is 0 Å². The number of benzene rings is 1. The van der Waals surface area contributed by atoms with Crippen LogP contribution in [0, 0.1) is 0 Å². The zero-order chi connectivity index (χ0) is 17.8. The van der Waals surface area contributed by atoms with Gasteiger partial charge in [0.2, 0.25) is 5.95 Å². The van der Waals surface area contributed by atoms with Crippen LogP contribution in [-0.2, 0) is 0 Å². The Morgan fingerprint density at radius 3 is 2.56 bits per heavy atom. The summed E-state index contributed by atoms with van der Waals surface area (Å²) in [6.45, 7) is 7.14. The number of carbonyl (C=O) groups is 1. The van der Waals surface area contributed by atoms with Crippen LogP contribution in [-0.4, -0.2) is 48.1 Å². The molecule has 25 heavy (non-hydrogen) atoms. The van der Waals surface area contributed by atoms with Crippen molar-refractivity contribution in [2.75, 3.05) is 36.0 Å². The van der Waals surface area contributed by atoms with Crippen LogP contribution >= 0.6 is 11.6 Å². The lowest BCUT2D eigenvalue weighted by atomic mass is 10.2. The van der Waals surface area contributed by atoms with Gasteiger partial charge in [-0.15, -0.1) is 0 Å². The Morgan fingerprint density at radius 2 is 1.88 bits per heavy atom. The molecule has 0 bridgehead atoms. The summed E-state index contributed by atoms with van der Waals surface area (Å²) in [6.07, 6.45) is 1.64. The molecule has 6 nitrogen and oxygen atoms in total. The predicted molar refractivity (Wildman–Crippen MR) is 101 cm³/mol. The molecule has 132 valence electrons. The molecule has 2 heterocycles. The smallest absolute Gasteiger partial charge is 0.270 e. The van der Waals surface area contributed by atoms with Gasteiger partial charge in [-0.05, 0) is 38.1 Å². The van der Waals surface area contributed by atoms with Crippen LogP contribution in [0.4, 0.5) is 11.6 Å². The lowest BCUT2D eigenvalue weighted by Crippen LogP contribution is -2.47. The van der Waals surface area contributed by atoms with E-state index in [4.69, 9.17) is 11.6 Å². The Morgan fingerprint density at radius 1 is 1.16 bits per heavy atom. The van der Waals surface area contributed by atoms with E-state index >= 15 is 0 Å². The number of halogens is 1. The molecule has 0 radical (unpaired) electrons. The number of nitrogens with zero attached hydrogens (tertiary/aromatic N) is 4. The van der Waals surface area contributed by atoms with E-state index in [1.54, 1.807) is 12.3 Å². The molecule has 1 aliphatic rings. The summed E-state index contributed by atoms with van der Waals surface area (Å²) in [5.74, 6) is 0.429. The van der Waals surface area contributed by atoms with E-state index in [0.29, 0.717) is 11.6 Å². The molecular formula is C18H22ClN5O. The maximum Gasteiger partial charge on any atom is 0.270 e. The van der Waals surface area contributed by atoms with E-state index in [0.717, 1.165) is 36.9 Å². The van der Waals surface area contributed by atoms with Crippen molar-refractivity contribution in [3.63, 3.8) is 0 Å². The zero-order valence-electron chi connectivity index (χ0n) is 14.4. The molecule has 0 aliphatic carbocycles. The van der Waals surface area contributed by atoms with Crippen molar-refractivity contribution < 1.29 is 4.79 Å². The Bertz CT molecular complexity index is 744. The third kappa shape index (κ3) is 4.39. The molecule has 1 aromatic carbocycles. The minimum Gasteiger partial charge on any atom is -0.368 e. The topological polar surface area (TPSA) is 61.4 Å². The molecule has 0 spiro atoms. The molecule has 1 aromatic heterocycles. The van der Waals surface area contributed by atoms with Crippen molar-refractivity contribution >= 4 is 29.1 Å². The molecule has 1 saturated heterocycles. The second kappa shape index (κ2) is 7.70. The van der Waals surface area contributed by atoms with E-state index < -0.39 is 0 Å². The molecule has 0 unspecified atom stereocenters. The van der Waals surface area contributed by atoms with Gasteiger partial charge in [0.25, 0.3) is 5.91 Å². The number of hydrogen-bond acceptors (Lipinski definition) is 5. The first-order valence-electron chi connectivity index (χ1n) is 8.42. The number of hydrogen-bond donors (Lipinski definition) is 1. The third-order valence-electron chi connectivity index (χ3n) is 4.03. The van der Waals surface area contributed by atoms with Crippen molar-refractivity contribution in [3.05, 3.63) is 47.2 Å². The fourth-order valence-electron chi connectivity index (χ4n) is 2.80. The van der Waals surface area contributed by atoms with Gasteiger partial charge in [0, 0.05) is 49.1 Å². The normalized spacial score (nSPS) is 14.7. The number of carbonyl (C=O) groups excluding carboxylic acids is 1. The molecule has 0 saturated carbocycles. The van der Waals surface area contributed by atoms with Crippen LogP contribution in [0.1, 0.15) is 24.3 Å². The fourth-order valence-corrected chi connectivity index (χ4v) is 2.99. The Hall–Kier alpha value is -2.34. The van der Waals surface area contributed by atoms with E-state index in [9.17, 15) is 4.79 Å². The number of anilines is 2. The molecule has 1 N–H and O–H groups in total. The Labute approximate surface area is 152 Å². The summed E-state index contributed by atoms with van der Waals surface area (Å²) in [4.78, 5) is 25.3. The Balaban J connectivity index is 1.66. The first-order chi connectivity index (χ1) is 12.0. The largest absolute Gasteiger partial charge is 0.368 e. The first kappa shape index (κ1) is 17.5. The fraction of sp³-hybridized carbons (Fsp3) is 0.389. The zero-order valence-corrected chi connectivity index (χ0v) is 15.2. The van der Waals surface area contributed by atoms with Crippen LogP contribution < -0.4 is 15.1 Å². The quantitative estimate of drug-likeness (QED) is 0.909. The van der Waals surface area contributed by atoms with Crippen LogP contribution in [0.2, 0.25) is 5.02 Å².